The van der Waals surface area contributed by atoms with Crippen LogP contribution in [0, 0.1) is 41.7 Å². The molecule has 0 N–H and O–H groups in total. The van der Waals surface area contributed by atoms with Gasteiger partial charge in [-0.25, -0.2) is 0 Å². The second kappa shape index (κ2) is 7.94. The Bertz CT molecular complexity index is 1150. The Labute approximate surface area is 164 Å². The van der Waals surface area contributed by atoms with Gasteiger partial charge in [-0.3, -0.25) is 0 Å². The highest BCUT2D eigenvalue weighted by atomic mass is 14.0. The van der Waals surface area contributed by atoms with E-state index in [9.17, 15) is 0 Å². The fourth-order valence-corrected chi connectivity index (χ4v) is 3.81. The van der Waals surface area contributed by atoms with Gasteiger partial charge in [0.05, 0.1) is 0 Å². The highest BCUT2D eigenvalue weighted by molar-refractivity contribution is 5.29. The zero-order chi connectivity index (χ0) is 19.3. The molecule has 5 rings (SSSR count). The number of hydrogen-bond donors (Lipinski definition) is 0. The lowest BCUT2D eigenvalue weighted by molar-refractivity contribution is 1.29. The largest absolute Gasteiger partial charge is 0.0991 e. The van der Waals surface area contributed by atoms with Gasteiger partial charge in [0, 0.05) is 0 Å². The van der Waals surface area contributed by atoms with Crippen LogP contribution < -0.4 is 0 Å². The fraction of sp³-hybridized carbons (Fsp3) is 0. The van der Waals surface area contributed by atoms with E-state index in [1.54, 1.807) is 12.2 Å². The summed E-state index contributed by atoms with van der Waals surface area (Å²) in [5.41, 5.74) is 0. The first kappa shape index (κ1) is 17.8. The first-order valence-electron chi connectivity index (χ1n) is 9.46. The predicted molar refractivity (Wildman–Crippen MR) is 117 cm³/mol. The SMILES string of the molecule is C=CC=C.c1ccc2c(c1)=c1ccccc1=c1ccccc1=c1ccccc1=2. The van der Waals surface area contributed by atoms with Gasteiger partial charge in [0.25, 0.3) is 0 Å². The van der Waals surface area contributed by atoms with E-state index in [2.05, 4.69) is 110 Å². The maximum atomic E-state index is 3.36. The Morgan fingerprint density at radius 3 is 0.571 bits per heavy atom. The summed E-state index contributed by atoms with van der Waals surface area (Å²) in [4.78, 5) is 0. The lowest BCUT2D eigenvalue weighted by atomic mass is 10.0. The average Bonchev–Trinajstić information content (AvgIpc) is 2.78. The van der Waals surface area contributed by atoms with Crippen LogP contribution in [-0.4, -0.2) is 0 Å². The molecule has 0 heterocycles. The Morgan fingerprint density at radius 2 is 0.464 bits per heavy atom. The number of benzene rings is 4. The third kappa shape index (κ3) is 3.10. The van der Waals surface area contributed by atoms with Gasteiger partial charge < -0.3 is 0 Å². The van der Waals surface area contributed by atoms with Gasteiger partial charge >= 0.3 is 0 Å². The lowest BCUT2D eigenvalue weighted by Gasteiger charge is -2.02. The second-order valence-corrected chi connectivity index (χ2v) is 6.65. The van der Waals surface area contributed by atoms with E-state index in [1.165, 1.54) is 41.7 Å². The van der Waals surface area contributed by atoms with Crippen molar-refractivity contribution in [2.24, 2.45) is 0 Å². The van der Waals surface area contributed by atoms with Crippen molar-refractivity contribution in [2.45, 2.75) is 0 Å². The molecule has 0 fully saturated rings. The van der Waals surface area contributed by atoms with Crippen LogP contribution in [0.15, 0.2) is 122 Å². The van der Waals surface area contributed by atoms with Gasteiger partial charge in [-0.1, -0.05) is 122 Å². The molecule has 0 aromatic heterocycles. The summed E-state index contributed by atoms with van der Waals surface area (Å²) in [5.74, 6) is 0. The van der Waals surface area contributed by atoms with E-state index in [0.717, 1.165) is 0 Å². The third-order valence-corrected chi connectivity index (χ3v) is 5.04. The number of allylic oxidation sites excluding steroid dienone is 2. The minimum Gasteiger partial charge on any atom is -0.0991 e. The highest BCUT2D eigenvalue weighted by Crippen LogP contribution is 2.12. The molecule has 134 valence electrons. The molecule has 0 saturated carbocycles. The zero-order valence-corrected chi connectivity index (χ0v) is 15.8. The summed E-state index contributed by atoms with van der Waals surface area (Å²) >= 11 is 0. The van der Waals surface area contributed by atoms with E-state index in [1.807, 2.05) is 0 Å². The average molecular weight is 358 g/mol. The van der Waals surface area contributed by atoms with E-state index < -0.39 is 0 Å². The number of rotatable bonds is 1. The van der Waals surface area contributed by atoms with Crippen LogP contribution in [0.4, 0.5) is 0 Å². The van der Waals surface area contributed by atoms with Crippen LogP contribution in [0.2, 0.25) is 0 Å². The van der Waals surface area contributed by atoms with Gasteiger partial charge in [0.2, 0.25) is 0 Å². The van der Waals surface area contributed by atoms with Gasteiger partial charge in [-0.2, -0.15) is 0 Å². The molecule has 0 heteroatoms. The quantitative estimate of drug-likeness (QED) is 0.300. The molecular weight excluding hydrogens is 336 g/mol. The van der Waals surface area contributed by atoms with Crippen LogP contribution in [0.25, 0.3) is 0 Å². The topological polar surface area (TPSA) is 0 Å². The summed E-state index contributed by atoms with van der Waals surface area (Å²) in [6.45, 7) is 6.72. The Morgan fingerprint density at radius 1 is 0.321 bits per heavy atom. The van der Waals surface area contributed by atoms with E-state index in [4.69, 9.17) is 0 Å². The Hall–Kier alpha value is -3.64. The predicted octanol–water partition coefficient (Wildman–Crippen LogP) is 6.51. The van der Waals surface area contributed by atoms with Gasteiger partial charge in [-0.15, -0.1) is 0 Å². The van der Waals surface area contributed by atoms with Crippen molar-refractivity contribution in [1.82, 2.24) is 0 Å². The summed E-state index contributed by atoms with van der Waals surface area (Å²) in [5, 5.41) is 10.4. The molecule has 4 aromatic rings. The monoisotopic (exact) mass is 358 g/mol. The first-order valence-corrected chi connectivity index (χ1v) is 9.46. The van der Waals surface area contributed by atoms with E-state index >= 15 is 0 Å². The number of fused-ring (bicyclic) bond motifs is 4. The summed E-state index contributed by atoms with van der Waals surface area (Å²) < 4.78 is 0. The maximum absolute atomic E-state index is 3.36. The van der Waals surface area contributed by atoms with Crippen LogP contribution >= 0.6 is 0 Å². The van der Waals surface area contributed by atoms with Gasteiger partial charge in [-0.05, 0) is 41.7 Å². The third-order valence-electron chi connectivity index (χ3n) is 5.04. The fourth-order valence-electron chi connectivity index (χ4n) is 3.81. The smallest absolute Gasteiger partial charge is 0.00990 e. The Kier molecular flexibility index (Phi) is 5.03. The zero-order valence-electron chi connectivity index (χ0n) is 15.8. The lowest BCUT2D eigenvalue weighted by Crippen LogP contribution is -1.88. The Balaban J connectivity index is 0.000000442. The molecule has 0 aliphatic heterocycles. The van der Waals surface area contributed by atoms with Crippen LogP contribution in [0.1, 0.15) is 0 Å². The van der Waals surface area contributed by atoms with Crippen molar-refractivity contribution in [1.29, 1.82) is 0 Å². The molecule has 4 aromatic carbocycles. The van der Waals surface area contributed by atoms with Crippen LogP contribution in [-0.2, 0) is 0 Å². The molecule has 0 radical (unpaired) electrons. The molecule has 0 saturated heterocycles. The molecule has 1 aliphatic rings. The molecule has 28 heavy (non-hydrogen) atoms. The molecule has 1 aliphatic carbocycles. The van der Waals surface area contributed by atoms with Crippen LogP contribution in [0.5, 0.6) is 0 Å². The number of hydrogen-bond acceptors (Lipinski definition) is 0. The summed E-state index contributed by atoms with van der Waals surface area (Å²) in [6, 6.07) is 34.9. The molecule has 0 unspecified atom stereocenters. The molecule has 0 nitrogen and oxygen atoms in total. The van der Waals surface area contributed by atoms with E-state index in [-0.39, 0.29) is 0 Å². The van der Waals surface area contributed by atoms with Crippen molar-refractivity contribution in [3.63, 3.8) is 0 Å². The summed E-state index contributed by atoms with van der Waals surface area (Å²) in [6.07, 6.45) is 3.28. The summed E-state index contributed by atoms with van der Waals surface area (Å²) in [7, 11) is 0. The first-order chi connectivity index (χ1) is 13.8. The van der Waals surface area contributed by atoms with E-state index in [0.29, 0.717) is 0 Å². The standard InChI is InChI=1S/C24H16.C4H6/c1-2-10-18-17(9-1)19-11-3-4-13-21(19)23-15-7-8-16-24(23)22-14-6-5-12-20(18)22;1-3-4-2/h1-16H;3-4H,1-2H2. The van der Waals surface area contributed by atoms with Crippen molar-refractivity contribution in [3.05, 3.63) is 164 Å². The minimum absolute atomic E-state index is 1.30. The molecular formula is C28H22. The van der Waals surface area contributed by atoms with Crippen molar-refractivity contribution in [2.75, 3.05) is 0 Å². The molecule has 0 amide bonds. The molecule has 0 atom stereocenters. The normalized spacial score (nSPS) is 10.4. The van der Waals surface area contributed by atoms with Crippen molar-refractivity contribution in [3.8, 4) is 0 Å². The van der Waals surface area contributed by atoms with Gasteiger partial charge in [0.1, 0.15) is 0 Å². The molecule has 0 spiro atoms. The minimum atomic E-state index is 1.30. The molecule has 0 bridgehead atoms. The second-order valence-electron chi connectivity index (χ2n) is 6.65. The highest BCUT2D eigenvalue weighted by Gasteiger charge is 1.98. The van der Waals surface area contributed by atoms with Crippen molar-refractivity contribution >= 4 is 0 Å². The maximum Gasteiger partial charge on any atom is -0.00990 e. The van der Waals surface area contributed by atoms with Gasteiger partial charge in [0.15, 0.2) is 0 Å². The van der Waals surface area contributed by atoms with Crippen LogP contribution in [0.3, 0.4) is 0 Å². The van der Waals surface area contributed by atoms with Crippen molar-refractivity contribution < 1.29 is 0 Å².